The van der Waals surface area contributed by atoms with E-state index in [0.29, 0.717) is 44.3 Å². The molecule has 0 fully saturated rings. The Balaban J connectivity index is 0.000000317. The van der Waals surface area contributed by atoms with Gasteiger partial charge in [0, 0.05) is 37.1 Å². The van der Waals surface area contributed by atoms with Gasteiger partial charge in [-0.15, -0.1) is 0 Å². The molecule has 0 N–H and O–H groups in total. The number of carbonyl (C=O) groups is 2. The summed E-state index contributed by atoms with van der Waals surface area (Å²) in [6.07, 6.45) is 1.47. The van der Waals surface area contributed by atoms with Gasteiger partial charge in [0.05, 0.1) is 13.2 Å². The Kier molecular flexibility index (Phi) is 23.1. The van der Waals surface area contributed by atoms with Crippen LogP contribution in [0.2, 0.25) is 0 Å². The van der Waals surface area contributed by atoms with Gasteiger partial charge < -0.3 is 38.2 Å². The van der Waals surface area contributed by atoms with Crippen LogP contribution >= 0.6 is 0 Å². The normalized spacial score (nSPS) is 11.3. The zero-order valence-electron chi connectivity index (χ0n) is 44.9. The van der Waals surface area contributed by atoms with Crippen molar-refractivity contribution >= 4 is 11.9 Å². The summed E-state index contributed by atoms with van der Waals surface area (Å²) in [5, 5.41) is 0. The third kappa shape index (κ3) is 19.1. The summed E-state index contributed by atoms with van der Waals surface area (Å²) < 4.78 is 34.1. The highest BCUT2D eigenvalue weighted by molar-refractivity contribution is 5.73. The van der Waals surface area contributed by atoms with E-state index in [1.807, 2.05) is 76.7 Å². The fraction of sp³-hybridized carbons (Fsp3) is 0.397. The lowest BCUT2D eigenvalue weighted by Gasteiger charge is -2.26. The van der Waals surface area contributed by atoms with Gasteiger partial charge >= 0.3 is 11.9 Å². The molecule has 0 heterocycles. The third-order valence-electron chi connectivity index (χ3n) is 11.7. The van der Waals surface area contributed by atoms with Gasteiger partial charge in [-0.05, 0) is 146 Å². The molecule has 6 aromatic rings. The van der Waals surface area contributed by atoms with E-state index in [4.69, 9.17) is 28.4 Å². The molecule has 0 aromatic heterocycles. The zero-order valence-corrected chi connectivity index (χ0v) is 44.9. The fourth-order valence-electron chi connectivity index (χ4n) is 7.91. The predicted octanol–water partition coefficient (Wildman–Crippen LogP) is 12.9. The summed E-state index contributed by atoms with van der Waals surface area (Å²) in [5.41, 5.74) is 11.0. The number of rotatable bonds is 22. The summed E-state index contributed by atoms with van der Waals surface area (Å²) in [7, 11) is 8.18. The maximum absolute atomic E-state index is 11.9. The minimum Gasteiger partial charge on any atom is -0.492 e. The molecular weight excluding hydrogens is 913 g/mol. The molecule has 0 saturated carbocycles. The van der Waals surface area contributed by atoms with Crippen molar-refractivity contribution in [1.29, 1.82) is 0 Å². The first-order valence-electron chi connectivity index (χ1n) is 25.1. The van der Waals surface area contributed by atoms with Crippen molar-refractivity contribution < 1.29 is 38.0 Å². The van der Waals surface area contributed by atoms with E-state index in [1.54, 1.807) is 13.8 Å². The molecule has 10 nitrogen and oxygen atoms in total. The number of benzene rings is 6. The van der Waals surface area contributed by atoms with Crippen molar-refractivity contribution in [2.45, 2.75) is 86.5 Å². The lowest BCUT2D eigenvalue weighted by molar-refractivity contribution is -0.146. The first-order chi connectivity index (χ1) is 34.3. The Morgan fingerprint density at radius 3 is 1.14 bits per heavy atom. The quantitative estimate of drug-likeness (QED) is 0.0612. The van der Waals surface area contributed by atoms with Crippen LogP contribution in [0.5, 0.6) is 23.0 Å². The molecule has 0 unspecified atom stereocenters. The maximum Gasteiger partial charge on any atom is 0.344 e. The van der Waals surface area contributed by atoms with Gasteiger partial charge in [0.25, 0.3) is 0 Å². The molecule has 6 aromatic carbocycles. The second kappa shape index (κ2) is 28.6. The van der Waals surface area contributed by atoms with Crippen LogP contribution in [0.1, 0.15) is 96.2 Å². The summed E-state index contributed by atoms with van der Waals surface area (Å²) >= 11 is 0. The number of nitrogens with zero attached hydrogens (tertiary/aromatic N) is 2. The van der Waals surface area contributed by atoms with E-state index >= 15 is 0 Å². The van der Waals surface area contributed by atoms with Crippen LogP contribution in [0.4, 0.5) is 0 Å². The van der Waals surface area contributed by atoms with Crippen LogP contribution < -0.4 is 18.9 Å². The third-order valence-corrected chi connectivity index (χ3v) is 11.7. The van der Waals surface area contributed by atoms with Gasteiger partial charge in [-0.1, -0.05) is 134 Å². The number of hydrogen-bond acceptors (Lipinski definition) is 10. The molecular formula is C63H82N2O8. The Morgan fingerprint density at radius 2 is 0.767 bits per heavy atom. The van der Waals surface area contributed by atoms with Gasteiger partial charge in [-0.3, -0.25) is 0 Å². The first-order valence-corrected chi connectivity index (χ1v) is 25.1. The van der Waals surface area contributed by atoms with Gasteiger partial charge in [0.1, 0.15) is 36.2 Å². The average molecular weight is 995 g/mol. The molecule has 0 aliphatic carbocycles. The minimum absolute atomic E-state index is 0. The molecule has 0 aliphatic heterocycles. The molecule has 0 radical (unpaired) electrons. The van der Waals surface area contributed by atoms with Crippen LogP contribution in [0.3, 0.4) is 0 Å². The summed E-state index contributed by atoms with van der Waals surface area (Å²) in [4.78, 5) is 28.0. The molecule has 73 heavy (non-hydrogen) atoms. The molecule has 0 aliphatic rings. The number of likely N-dealkylation sites (N-methyl/N-ethyl adjacent to an activating group) is 2. The molecule has 0 saturated heterocycles. The summed E-state index contributed by atoms with van der Waals surface area (Å²) in [6.45, 7) is 20.1. The monoisotopic (exact) mass is 995 g/mol. The van der Waals surface area contributed by atoms with Crippen molar-refractivity contribution in [3.63, 3.8) is 0 Å². The number of hydrogen-bond donors (Lipinski definition) is 0. The second-order valence-electron chi connectivity index (χ2n) is 20.4. The van der Waals surface area contributed by atoms with Gasteiger partial charge in [0.2, 0.25) is 0 Å². The Hall–Kier alpha value is -6.62. The molecule has 0 bridgehead atoms. The van der Waals surface area contributed by atoms with Crippen LogP contribution in [-0.2, 0) is 42.7 Å². The van der Waals surface area contributed by atoms with Crippen molar-refractivity contribution in [1.82, 2.24) is 9.80 Å². The minimum atomic E-state index is -0.373. The lowest BCUT2D eigenvalue weighted by atomic mass is 9.82. The standard InChI is InChI=1S/C34H37NO4.C28H41NO4.CH4/c1-4-37-34(36)25-39-33-18-16-29(24-31(33)22-27-13-9-6-10-14-27)28-15-17-32(38-20-19-35(2)3)30(23-28)21-26-11-7-5-8-12-26;1-10-31-26(30)19-33-25-14-12-21(18-23(25)28(5,6)7)20-11-13-24(32-16-15-29(8)9)22(17-20)27(2,3)4;/h5-18,23-24H,4,19-22,25H2,1-3H3;11-14,17-18H,10,15-16,19H2,1-9H3;1H4. The average Bonchev–Trinajstić information content (AvgIpc) is 3.33. The Bertz CT molecular complexity index is 2630. The highest BCUT2D eigenvalue weighted by Gasteiger charge is 2.24. The van der Waals surface area contributed by atoms with Gasteiger partial charge in [0.15, 0.2) is 13.2 Å². The van der Waals surface area contributed by atoms with Crippen molar-refractivity contribution in [2.24, 2.45) is 0 Å². The number of ether oxygens (including phenoxy) is 6. The molecule has 0 spiro atoms. The fourth-order valence-corrected chi connectivity index (χ4v) is 7.91. The van der Waals surface area contributed by atoms with E-state index in [-0.39, 0.29) is 43.4 Å². The Morgan fingerprint density at radius 1 is 0.438 bits per heavy atom. The second-order valence-corrected chi connectivity index (χ2v) is 20.4. The van der Waals surface area contributed by atoms with E-state index in [1.165, 1.54) is 16.7 Å². The van der Waals surface area contributed by atoms with Crippen LogP contribution in [0, 0.1) is 0 Å². The topological polar surface area (TPSA) is 96.0 Å². The molecule has 392 valence electrons. The summed E-state index contributed by atoms with van der Waals surface area (Å²) in [6, 6.07) is 45.9. The lowest BCUT2D eigenvalue weighted by Crippen LogP contribution is -2.21. The smallest absolute Gasteiger partial charge is 0.344 e. The van der Waals surface area contributed by atoms with Crippen LogP contribution in [0.15, 0.2) is 133 Å². The van der Waals surface area contributed by atoms with Crippen molar-refractivity contribution in [2.75, 3.05) is 80.9 Å². The van der Waals surface area contributed by atoms with E-state index in [0.717, 1.165) is 70.0 Å². The number of carbonyl (C=O) groups excluding carboxylic acids is 2. The predicted molar refractivity (Wildman–Crippen MR) is 299 cm³/mol. The van der Waals surface area contributed by atoms with Crippen molar-refractivity contribution in [3.8, 4) is 45.3 Å². The largest absolute Gasteiger partial charge is 0.492 e. The first kappa shape index (κ1) is 58.9. The molecule has 6 rings (SSSR count). The maximum atomic E-state index is 11.9. The zero-order chi connectivity index (χ0) is 52.3. The summed E-state index contributed by atoms with van der Waals surface area (Å²) in [5.74, 6) is 2.49. The highest BCUT2D eigenvalue weighted by atomic mass is 16.6. The van der Waals surface area contributed by atoms with Crippen LogP contribution in [0.25, 0.3) is 22.3 Å². The van der Waals surface area contributed by atoms with Gasteiger partial charge in [-0.2, -0.15) is 0 Å². The van der Waals surface area contributed by atoms with Gasteiger partial charge in [-0.25, -0.2) is 9.59 Å². The van der Waals surface area contributed by atoms with Crippen molar-refractivity contribution in [3.05, 3.63) is 167 Å². The van der Waals surface area contributed by atoms with E-state index in [2.05, 4.69) is 136 Å². The molecule has 0 atom stereocenters. The van der Waals surface area contributed by atoms with Crippen LogP contribution in [-0.4, -0.2) is 103 Å². The molecule has 0 amide bonds. The Labute approximate surface area is 437 Å². The SMILES string of the molecule is C.CCOC(=O)COc1ccc(-c2ccc(OCCN(C)C)c(C(C)(C)C)c2)cc1C(C)(C)C.CCOC(=O)COc1ccc(-c2ccc(OCCN(C)C)c(Cc3ccccc3)c2)cc1Cc1ccccc1. The highest BCUT2D eigenvalue weighted by Crippen LogP contribution is 2.39. The molecule has 10 heteroatoms. The number of esters is 2. The van der Waals surface area contributed by atoms with E-state index < -0.39 is 0 Å². The van der Waals surface area contributed by atoms with E-state index in [9.17, 15) is 9.59 Å².